The second kappa shape index (κ2) is 10.3. The Morgan fingerprint density at radius 1 is 1.17 bits per heavy atom. The fourth-order valence-electron chi connectivity index (χ4n) is 3.87. The molecule has 0 bridgehead atoms. The Morgan fingerprint density at radius 3 is 2.56 bits per heavy atom. The van der Waals surface area contributed by atoms with Gasteiger partial charge in [0.1, 0.15) is 36.5 Å². The zero-order valence-electron chi connectivity index (χ0n) is 18.4. The Bertz CT molecular complexity index is 1310. The maximum absolute atomic E-state index is 12.7. The van der Waals surface area contributed by atoms with E-state index in [9.17, 15) is 39.2 Å². The van der Waals surface area contributed by atoms with Crippen molar-refractivity contribution in [1.29, 1.82) is 0 Å². The van der Waals surface area contributed by atoms with Gasteiger partial charge in [0.2, 0.25) is 0 Å². The van der Waals surface area contributed by atoms with Crippen LogP contribution in [0.2, 0.25) is 0 Å². The SMILES string of the molecule is Nc1ccn(C2OC(CO)C(O)C2OP(=O)(O)OCC2OC(n3ccc(=O)[nH]c3=O)CC2O)c(=O)n1. The lowest BCUT2D eigenvalue weighted by molar-refractivity contribution is -0.0626. The Hall–Kier alpha value is -2.73. The molecule has 2 aliphatic rings. The van der Waals surface area contributed by atoms with Crippen molar-refractivity contribution < 1.29 is 43.3 Å². The third-order valence-corrected chi connectivity index (χ3v) is 6.63. The highest BCUT2D eigenvalue weighted by Crippen LogP contribution is 2.49. The van der Waals surface area contributed by atoms with E-state index >= 15 is 0 Å². The Kier molecular flexibility index (Phi) is 7.56. The van der Waals surface area contributed by atoms with Crippen molar-refractivity contribution in [3.05, 3.63) is 55.8 Å². The molecule has 0 amide bonds. The number of aromatic amines is 1. The maximum atomic E-state index is 12.7. The number of aromatic nitrogens is 4. The number of nitrogens with zero attached hydrogens (tertiary/aromatic N) is 3. The second-order valence-corrected chi connectivity index (χ2v) is 9.47. The molecule has 198 valence electrons. The molecule has 8 unspecified atom stereocenters. The second-order valence-electron chi connectivity index (χ2n) is 8.06. The lowest BCUT2D eigenvalue weighted by Crippen LogP contribution is -2.38. The topological polar surface area (TPSA) is 251 Å². The van der Waals surface area contributed by atoms with E-state index in [0.29, 0.717) is 0 Å². The van der Waals surface area contributed by atoms with Gasteiger partial charge in [-0.2, -0.15) is 4.98 Å². The quantitative estimate of drug-likeness (QED) is 0.183. The lowest BCUT2D eigenvalue weighted by atomic mass is 10.1. The summed E-state index contributed by atoms with van der Waals surface area (Å²) in [6.07, 6.45) is -7.11. The summed E-state index contributed by atoms with van der Waals surface area (Å²) in [5.74, 6) is -0.0975. The number of hydrogen-bond donors (Lipinski definition) is 6. The van der Waals surface area contributed by atoms with Crippen LogP contribution in [-0.4, -0.2) is 83.0 Å². The van der Waals surface area contributed by atoms with Crippen LogP contribution in [0.4, 0.5) is 5.82 Å². The minimum absolute atomic E-state index is 0.0843. The Balaban J connectivity index is 1.44. The highest BCUT2D eigenvalue weighted by molar-refractivity contribution is 7.47. The summed E-state index contributed by atoms with van der Waals surface area (Å²) in [5.41, 5.74) is 3.16. The van der Waals surface area contributed by atoms with E-state index in [-0.39, 0.29) is 12.2 Å². The van der Waals surface area contributed by atoms with Gasteiger partial charge in [0.25, 0.3) is 5.56 Å². The number of phosphoric ester groups is 1. The molecule has 4 heterocycles. The van der Waals surface area contributed by atoms with E-state index in [4.69, 9.17) is 24.3 Å². The van der Waals surface area contributed by atoms with Crippen molar-refractivity contribution in [3.8, 4) is 0 Å². The summed E-state index contributed by atoms with van der Waals surface area (Å²) in [6.45, 7) is -1.36. The normalized spacial score (nSPS) is 31.9. The number of phosphoric acid groups is 1. The molecule has 2 aliphatic heterocycles. The van der Waals surface area contributed by atoms with Gasteiger partial charge in [-0.05, 0) is 6.07 Å². The first-order chi connectivity index (χ1) is 17.0. The lowest BCUT2D eigenvalue weighted by Gasteiger charge is -2.25. The average Bonchev–Trinajstić information content (AvgIpc) is 3.31. The molecule has 8 atom stereocenters. The molecule has 4 rings (SSSR count). The van der Waals surface area contributed by atoms with E-state index in [2.05, 4.69) is 4.98 Å². The van der Waals surface area contributed by atoms with Gasteiger partial charge in [-0.25, -0.2) is 14.2 Å². The van der Waals surface area contributed by atoms with Crippen LogP contribution in [0, 0.1) is 0 Å². The Morgan fingerprint density at radius 2 is 1.89 bits per heavy atom. The summed E-state index contributed by atoms with van der Waals surface area (Å²) in [5, 5.41) is 30.1. The van der Waals surface area contributed by atoms with Crippen LogP contribution in [0.1, 0.15) is 18.9 Å². The Labute approximate surface area is 200 Å². The van der Waals surface area contributed by atoms with Gasteiger partial charge >= 0.3 is 19.2 Å². The van der Waals surface area contributed by atoms with Gasteiger partial charge in [-0.15, -0.1) is 0 Å². The van der Waals surface area contributed by atoms with Gasteiger partial charge in [0.05, 0.1) is 19.3 Å². The largest absolute Gasteiger partial charge is 0.472 e. The fourth-order valence-corrected chi connectivity index (χ4v) is 4.80. The molecule has 2 saturated heterocycles. The van der Waals surface area contributed by atoms with E-state index in [1.807, 2.05) is 4.98 Å². The van der Waals surface area contributed by atoms with E-state index < -0.39 is 81.0 Å². The highest BCUT2D eigenvalue weighted by Gasteiger charge is 2.49. The summed E-state index contributed by atoms with van der Waals surface area (Å²) < 4.78 is 35.5. The first-order valence-corrected chi connectivity index (χ1v) is 12.1. The van der Waals surface area contributed by atoms with Crippen LogP contribution in [0.15, 0.2) is 38.9 Å². The molecule has 0 aromatic carbocycles. The van der Waals surface area contributed by atoms with Gasteiger partial charge in [-0.3, -0.25) is 28.0 Å². The number of anilines is 1. The van der Waals surface area contributed by atoms with Gasteiger partial charge in [0, 0.05) is 24.9 Å². The smallest absolute Gasteiger partial charge is 0.394 e. The summed E-state index contributed by atoms with van der Waals surface area (Å²) in [7, 11) is -4.97. The molecule has 0 radical (unpaired) electrons. The van der Waals surface area contributed by atoms with Crippen molar-refractivity contribution in [2.45, 2.75) is 49.4 Å². The number of nitrogens with one attached hydrogen (secondary N) is 1. The molecule has 17 nitrogen and oxygen atoms in total. The number of aliphatic hydroxyl groups is 3. The van der Waals surface area contributed by atoms with Gasteiger partial charge < -0.3 is 35.4 Å². The van der Waals surface area contributed by atoms with E-state index in [1.165, 1.54) is 18.5 Å². The maximum Gasteiger partial charge on any atom is 0.472 e. The molecule has 2 aromatic heterocycles. The minimum Gasteiger partial charge on any atom is -0.394 e. The summed E-state index contributed by atoms with van der Waals surface area (Å²) in [4.78, 5) is 51.2. The van der Waals surface area contributed by atoms with Crippen LogP contribution in [0.5, 0.6) is 0 Å². The molecule has 18 heteroatoms. The number of hydrogen-bond acceptors (Lipinski definition) is 13. The number of nitrogen functional groups attached to an aromatic ring is 1. The molecular weight excluding hydrogens is 509 g/mol. The van der Waals surface area contributed by atoms with Crippen LogP contribution in [0.25, 0.3) is 0 Å². The van der Waals surface area contributed by atoms with Crippen LogP contribution < -0.4 is 22.7 Å². The van der Waals surface area contributed by atoms with Gasteiger partial charge in [0.15, 0.2) is 6.23 Å². The van der Waals surface area contributed by atoms with Crippen LogP contribution in [0.3, 0.4) is 0 Å². The van der Waals surface area contributed by atoms with Crippen molar-refractivity contribution >= 4 is 13.6 Å². The molecule has 0 aliphatic carbocycles. The number of rotatable bonds is 8. The van der Waals surface area contributed by atoms with Crippen LogP contribution >= 0.6 is 7.82 Å². The average molecular weight is 533 g/mol. The number of aliphatic hydroxyl groups excluding tert-OH is 3. The molecule has 7 N–H and O–H groups in total. The third kappa shape index (κ3) is 5.49. The van der Waals surface area contributed by atoms with E-state index in [1.54, 1.807) is 0 Å². The first kappa shape index (κ1) is 26.3. The molecule has 2 aromatic rings. The number of ether oxygens (including phenoxy) is 2. The molecular formula is C18H24N5O12P. The standard InChI is InChI=1S/C18H24N5O12P/c19-11-1-3-23(17(28)20-11)16-15(14(27)9(6-24)34-16)35-36(30,31)32-7-10-8(25)5-13(33-10)22-4-2-12(26)21-18(22)29/h1-4,8-10,13-16,24-25,27H,5-7H2,(H,30,31)(H2,19,20,28)(H,21,26,29). The molecule has 0 saturated carbocycles. The predicted octanol–water partition coefficient (Wildman–Crippen LogP) is -3.22. The summed E-state index contributed by atoms with van der Waals surface area (Å²) >= 11 is 0. The van der Waals surface area contributed by atoms with Gasteiger partial charge in [-0.1, -0.05) is 0 Å². The first-order valence-electron chi connectivity index (χ1n) is 10.6. The number of H-pyrrole nitrogens is 1. The van der Waals surface area contributed by atoms with Crippen molar-refractivity contribution in [2.75, 3.05) is 18.9 Å². The van der Waals surface area contributed by atoms with Crippen molar-refractivity contribution in [1.82, 2.24) is 19.1 Å². The fraction of sp³-hybridized carbons (Fsp3) is 0.556. The van der Waals surface area contributed by atoms with E-state index in [0.717, 1.165) is 15.2 Å². The van der Waals surface area contributed by atoms with Crippen LogP contribution in [-0.2, 0) is 23.1 Å². The molecule has 36 heavy (non-hydrogen) atoms. The zero-order valence-corrected chi connectivity index (χ0v) is 19.3. The molecule has 0 spiro atoms. The number of nitrogens with two attached hydrogens (primary N) is 1. The monoisotopic (exact) mass is 533 g/mol. The summed E-state index contributed by atoms with van der Waals surface area (Å²) in [6, 6.07) is 2.34. The third-order valence-electron chi connectivity index (χ3n) is 5.64. The van der Waals surface area contributed by atoms with Crippen molar-refractivity contribution in [2.24, 2.45) is 0 Å². The van der Waals surface area contributed by atoms with Crippen molar-refractivity contribution in [3.63, 3.8) is 0 Å². The molecule has 2 fully saturated rings. The zero-order chi connectivity index (χ0) is 26.2. The predicted molar refractivity (Wildman–Crippen MR) is 116 cm³/mol. The highest BCUT2D eigenvalue weighted by atomic mass is 31.2. The minimum atomic E-state index is -4.97.